The summed E-state index contributed by atoms with van der Waals surface area (Å²) in [4.78, 5) is 0. The van der Waals surface area contributed by atoms with Crippen molar-refractivity contribution in [3.63, 3.8) is 0 Å². The lowest BCUT2D eigenvalue weighted by Crippen LogP contribution is -2.11. The number of phenolic OH excluding ortho intramolecular Hbond substituents is 1. The van der Waals surface area contributed by atoms with Crippen LogP contribution in [0.5, 0.6) is 5.75 Å². The Morgan fingerprint density at radius 3 is 2.67 bits per heavy atom. The summed E-state index contributed by atoms with van der Waals surface area (Å²) in [6.07, 6.45) is 2.63. The molecule has 84 valence electrons. The van der Waals surface area contributed by atoms with E-state index in [9.17, 15) is 4.39 Å². The van der Waals surface area contributed by atoms with Gasteiger partial charge in [-0.25, -0.2) is 4.39 Å². The van der Waals surface area contributed by atoms with Gasteiger partial charge >= 0.3 is 0 Å². The van der Waals surface area contributed by atoms with Gasteiger partial charge in [-0.15, -0.1) is 0 Å². The van der Waals surface area contributed by atoms with Gasteiger partial charge in [-0.1, -0.05) is 12.5 Å². The molecule has 4 heteroatoms. The first-order chi connectivity index (χ1) is 7.15. The molecule has 0 aliphatic rings. The molecule has 0 spiro atoms. The molecule has 0 unspecified atom stereocenters. The van der Waals surface area contributed by atoms with Gasteiger partial charge in [0.15, 0.2) is 11.6 Å². The van der Waals surface area contributed by atoms with Crippen molar-refractivity contribution in [3.8, 4) is 5.75 Å². The summed E-state index contributed by atoms with van der Waals surface area (Å²) in [6.45, 7) is 0.649. The molecular formula is C11H17FN2O. The summed E-state index contributed by atoms with van der Waals surface area (Å²) in [5, 5.41) is 9.01. The number of benzene rings is 1. The fraction of sp³-hybridized carbons (Fsp3) is 0.455. The molecule has 0 bridgehead atoms. The smallest absolute Gasteiger partial charge is 0.165 e. The van der Waals surface area contributed by atoms with Gasteiger partial charge in [-0.3, -0.25) is 0 Å². The Hall–Kier alpha value is -1.13. The second-order valence-electron chi connectivity index (χ2n) is 3.60. The van der Waals surface area contributed by atoms with E-state index in [2.05, 4.69) is 0 Å². The standard InChI is InChI=1S/C11H17FN2O/c12-9-7-8(4-5-11(9)15)10(14)3-1-2-6-13/h4-5,7,10,15H,1-3,6,13-14H2/t10-/m0/s1. The quantitative estimate of drug-likeness (QED) is 0.650. The minimum atomic E-state index is -0.623. The van der Waals surface area contributed by atoms with E-state index in [1.807, 2.05) is 0 Å². The lowest BCUT2D eigenvalue weighted by atomic mass is 10.0. The minimum Gasteiger partial charge on any atom is -0.505 e. The van der Waals surface area contributed by atoms with Crippen molar-refractivity contribution in [1.29, 1.82) is 0 Å². The van der Waals surface area contributed by atoms with Crippen molar-refractivity contribution in [2.75, 3.05) is 6.54 Å². The number of nitrogens with two attached hydrogens (primary N) is 2. The van der Waals surface area contributed by atoms with E-state index in [-0.39, 0.29) is 11.8 Å². The van der Waals surface area contributed by atoms with E-state index in [1.54, 1.807) is 6.07 Å². The van der Waals surface area contributed by atoms with E-state index in [0.29, 0.717) is 12.1 Å². The van der Waals surface area contributed by atoms with E-state index in [4.69, 9.17) is 16.6 Å². The highest BCUT2D eigenvalue weighted by molar-refractivity contribution is 5.29. The average molecular weight is 212 g/mol. The molecule has 0 fully saturated rings. The topological polar surface area (TPSA) is 72.3 Å². The normalized spacial score (nSPS) is 12.7. The maximum absolute atomic E-state index is 13.0. The summed E-state index contributed by atoms with van der Waals surface area (Å²) in [6, 6.07) is 4.06. The highest BCUT2D eigenvalue weighted by Gasteiger charge is 2.08. The van der Waals surface area contributed by atoms with Gasteiger partial charge in [0, 0.05) is 6.04 Å². The van der Waals surface area contributed by atoms with Crippen LogP contribution in [0.4, 0.5) is 4.39 Å². The predicted octanol–water partition coefficient (Wildman–Crippen LogP) is 1.66. The van der Waals surface area contributed by atoms with Crippen LogP contribution in [-0.2, 0) is 0 Å². The van der Waals surface area contributed by atoms with Crippen LogP contribution in [0.2, 0.25) is 0 Å². The molecule has 1 aromatic rings. The maximum Gasteiger partial charge on any atom is 0.165 e. The number of hydrogen-bond donors (Lipinski definition) is 3. The molecule has 1 aromatic carbocycles. The first-order valence-electron chi connectivity index (χ1n) is 5.09. The van der Waals surface area contributed by atoms with Crippen LogP contribution < -0.4 is 11.5 Å². The number of rotatable bonds is 5. The van der Waals surface area contributed by atoms with Crippen LogP contribution in [0.25, 0.3) is 0 Å². The Labute approximate surface area is 88.9 Å². The van der Waals surface area contributed by atoms with Gasteiger partial charge < -0.3 is 16.6 Å². The molecule has 1 atom stereocenters. The summed E-state index contributed by atoms with van der Waals surface area (Å²) < 4.78 is 13.0. The number of halogens is 1. The van der Waals surface area contributed by atoms with Gasteiger partial charge in [-0.05, 0) is 37.1 Å². The van der Waals surface area contributed by atoms with Gasteiger partial charge in [0.05, 0.1) is 0 Å². The van der Waals surface area contributed by atoms with Crippen molar-refractivity contribution >= 4 is 0 Å². The van der Waals surface area contributed by atoms with Crippen molar-refractivity contribution in [1.82, 2.24) is 0 Å². The zero-order valence-electron chi connectivity index (χ0n) is 8.62. The van der Waals surface area contributed by atoms with Crippen molar-refractivity contribution in [3.05, 3.63) is 29.6 Å². The molecule has 5 N–H and O–H groups in total. The van der Waals surface area contributed by atoms with Gasteiger partial charge in [0.2, 0.25) is 0 Å². The summed E-state index contributed by atoms with van der Waals surface area (Å²) in [5.74, 6) is -0.963. The Morgan fingerprint density at radius 1 is 1.33 bits per heavy atom. The molecule has 0 radical (unpaired) electrons. The SMILES string of the molecule is NCCCC[C@H](N)c1ccc(O)c(F)c1. The van der Waals surface area contributed by atoms with Crippen LogP contribution in [0.15, 0.2) is 18.2 Å². The van der Waals surface area contributed by atoms with Crippen LogP contribution in [0.3, 0.4) is 0 Å². The Balaban J connectivity index is 2.57. The first kappa shape index (κ1) is 11.9. The molecule has 15 heavy (non-hydrogen) atoms. The monoisotopic (exact) mass is 212 g/mol. The molecule has 0 aromatic heterocycles. The fourth-order valence-corrected chi connectivity index (χ4v) is 1.43. The van der Waals surface area contributed by atoms with Crippen molar-refractivity contribution < 1.29 is 9.50 Å². The lowest BCUT2D eigenvalue weighted by Gasteiger charge is -2.11. The van der Waals surface area contributed by atoms with Crippen molar-refractivity contribution in [2.24, 2.45) is 11.5 Å². The average Bonchev–Trinajstić information content (AvgIpc) is 2.22. The molecular weight excluding hydrogens is 195 g/mol. The zero-order valence-corrected chi connectivity index (χ0v) is 8.62. The minimum absolute atomic E-state index is 0.188. The summed E-state index contributed by atoms with van der Waals surface area (Å²) in [5.41, 5.74) is 11.9. The van der Waals surface area contributed by atoms with Crippen LogP contribution in [0.1, 0.15) is 30.9 Å². The van der Waals surface area contributed by atoms with E-state index < -0.39 is 5.82 Å². The predicted molar refractivity (Wildman–Crippen MR) is 57.9 cm³/mol. The molecule has 1 rings (SSSR count). The highest BCUT2D eigenvalue weighted by Crippen LogP contribution is 2.22. The second kappa shape index (κ2) is 5.68. The van der Waals surface area contributed by atoms with Crippen LogP contribution in [-0.4, -0.2) is 11.7 Å². The third-order valence-corrected chi connectivity index (χ3v) is 2.37. The molecule has 0 aliphatic carbocycles. The molecule has 3 nitrogen and oxygen atoms in total. The fourth-order valence-electron chi connectivity index (χ4n) is 1.43. The van der Waals surface area contributed by atoms with E-state index >= 15 is 0 Å². The summed E-state index contributed by atoms with van der Waals surface area (Å²) in [7, 11) is 0. The number of aromatic hydroxyl groups is 1. The van der Waals surface area contributed by atoms with Crippen LogP contribution in [0, 0.1) is 5.82 Å². The molecule has 0 aliphatic heterocycles. The number of unbranched alkanes of at least 4 members (excludes halogenated alkanes) is 1. The second-order valence-corrected chi connectivity index (χ2v) is 3.60. The largest absolute Gasteiger partial charge is 0.505 e. The number of phenols is 1. The molecule has 0 saturated carbocycles. The van der Waals surface area contributed by atoms with E-state index in [1.165, 1.54) is 12.1 Å². The molecule has 0 heterocycles. The third-order valence-electron chi connectivity index (χ3n) is 2.37. The lowest BCUT2D eigenvalue weighted by molar-refractivity contribution is 0.431. The van der Waals surface area contributed by atoms with E-state index in [0.717, 1.165) is 19.3 Å². The molecule has 0 amide bonds. The maximum atomic E-state index is 13.0. The molecule has 0 saturated heterocycles. The van der Waals surface area contributed by atoms with Crippen molar-refractivity contribution in [2.45, 2.75) is 25.3 Å². The Bertz CT molecular complexity index is 317. The van der Waals surface area contributed by atoms with Crippen LogP contribution >= 0.6 is 0 Å². The Kier molecular flexibility index (Phi) is 4.52. The first-order valence-corrected chi connectivity index (χ1v) is 5.09. The summed E-state index contributed by atoms with van der Waals surface area (Å²) >= 11 is 0. The number of hydrogen-bond acceptors (Lipinski definition) is 3. The highest BCUT2D eigenvalue weighted by atomic mass is 19.1. The third kappa shape index (κ3) is 3.49. The Morgan fingerprint density at radius 2 is 2.07 bits per heavy atom. The zero-order chi connectivity index (χ0) is 11.3. The van der Waals surface area contributed by atoms with Gasteiger partial charge in [0.1, 0.15) is 0 Å². The van der Waals surface area contributed by atoms with Gasteiger partial charge in [-0.2, -0.15) is 0 Å². The van der Waals surface area contributed by atoms with Gasteiger partial charge in [0.25, 0.3) is 0 Å².